The number of nitrogens with one attached hydrogen (secondary N) is 2. The van der Waals surface area contributed by atoms with Crippen LogP contribution in [0.1, 0.15) is 10.4 Å². The number of carbonyl (C=O) groups is 1. The molecular formula is C48H31N2O3+. The predicted octanol–water partition coefficient (Wildman–Crippen LogP) is 10.6. The molecule has 0 radical (unpaired) electrons. The van der Waals surface area contributed by atoms with E-state index in [9.17, 15) is 9.90 Å². The summed E-state index contributed by atoms with van der Waals surface area (Å²) < 4.78 is 6.67. The number of hydrogen-bond donors (Lipinski definition) is 3. The normalized spacial score (nSPS) is 12.0. The Morgan fingerprint density at radius 2 is 1.09 bits per heavy atom. The number of aromatic carboxylic acids is 1. The Hall–Kier alpha value is -7.24. The molecule has 250 valence electrons. The van der Waals surface area contributed by atoms with E-state index in [-0.39, 0.29) is 5.56 Å². The van der Waals surface area contributed by atoms with Gasteiger partial charge in [-0.1, -0.05) is 72.8 Å². The Morgan fingerprint density at radius 3 is 1.81 bits per heavy atom. The molecule has 8 aromatic carbocycles. The van der Waals surface area contributed by atoms with Gasteiger partial charge in [-0.25, -0.2) is 9.79 Å². The zero-order chi connectivity index (χ0) is 35.5. The highest BCUT2D eigenvalue weighted by atomic mass is 16.4. The van der Waals surface area contributed by atoms with Gasteiger partial charge in [-0.15, -0.1) is 0 Å². The molecule has 0 amide bonds. The van der Waals surface area contributed by atoms with Gasteiger partial charge in [0.05, 0.1) is 11.6 Å². The Balaban J connectivity index is 1.11. The molecule has 1 aliphatic carbocycles. The second-order valence-corrected chi connectivity index (χ2v) is 13.5. The summed E-state index contributed by atoms with van der Waals surface area (Å²) in [5.41, 5.74) is 5.92. The second-order valence-electron chi connectivity index (χ2n) is 13.5. The lowest BCUT2D eigenvalue weighted by Crippen LogP contribution is -2.70. The van der Waals surface area contributed by atoms with Gasteiger partial charge >= 0.3 is 5.97 Å². The number of anilines is 2. The highest BCUT2D eigenvalue weighted by molar-refractivity contribution is 6.08. The summed E-state index contributed by atoms with van der Waals surface area (Å²) in [5, 5.41) is 25.0. The van der Waals surface area contributed by atoms with Crippen molar-refractivity contribution in [3.05, 3.63) is 181 Å². The number of benzene rings is 9. The third-order valence-electron chi connectivity index (χ3n) is 10.1. The average Bonchev–Trinajstić information content (AvgIpc) is 3.18. The van der Waals surface area contributed by atoms with Crippen LogP contribution in [0.3, 0.4) is 0 Å². The van der Waals surface area contributed by atoms with E-state index < -0.39 is 5.97 Å². The second kappa shape index (κ2) is 12.2. The molecule has 5 heteroatoms. The number of carboxylic acids is 1. The molecule has 1 heterocycles. The van der Waals surface area contributed by atoms with E-state index in [0.717, 1.165) is 49.7 Å². The average molecular weight is 684 g/mol. The SMILES string of the molecule is O=C(O)c1ccccc1-c1c2ccc(=[NH+]c3ccc4cc5ccccc5cc4c3)cc-2oc2cc(Nc3ccc4cc5ccccc5cc4c3)ccc12. The van der Waals surface area contributed by atoms with Crippen LogP contribution in [0.2, 0.25) is 0 Å². The van der Waals surface area contributed by atoms with Crippen LogP contribution in [0.4, 0.5) is 17.1 Å². The number of hydrogen-bond acceptors (Lipinski definition) is 3. The smallest absolute Gasteiger partial charge is 0.336 e. The maximum absolute atomic E-state index is 12.5. The van der Waals surface area contributed by atoms with E-state index in [0.29, 0.717) is 16.9 Å². The number of carboxylic acid groups (broad SMARTS) is 1. The monoisotopic (exact) mass is 683 g/mol. The summed E-state index contributed by atoms with van der Waals surface area (Å²) in [4.78, 5) is 16.0. The summed E-state index contributed by atoms with van der Waals surface area (Å²) in [5.74, 6) is -0.341. The van der Waals surface area contributed by atoms with Crippen LogP contribution in [0, 0.1) is 0 Å². The third kappa shape index (κ3) is 5.52. The maximum Gasteiger partial charge on any atom is 0.336 e. The Morgan fingerprint density at radius 1 is 0.509 bits per heavy atom. The standard InChI is InChI=1S/C48H30N2O3/c51-48(52)42-12-6-5-11-41(42)47-43-19-17-39(49-37-15-13-33-21-29-7-1-3-9-31(29)23-35(33)25-37)27-45(43)53-46-28-40(18-20-44(46)47)50-38-16-14-34-22-30-8-2-4-10-32(30)24-36(34)26-38/h1-28,49H,(H,51,52)/p+1. The van der Waals surface area contributed by atoms with E-state index in [1.807, 2.05) is 48.5 Å². The van der Waals surface area contributed by atoms with Crippen molar-refractivity contribution < 1.29 is 19.3 Å². The van der Waals surface area contributed by atoms with Crippen LogP contribution < -0.4 is 15.7 Å². The lowest BCUT2D eigenvalue weighted by atomic mass is 9.90. The summed E-state index contributed by atoms with van der Waals surface area (Å²) in [6, 6.07) is 57.6. The van der Waals surface area contributed by atoms with Gasteiger partial charge in [-0.3, -0.25) is 0 Å². The summed E-state index contributed by atoms with van der Waals surface area (Å²) >= 11 is 0. The molecule has 2 aliphatic rings. The zero-order valence-corrected chi connectivity index (χ0v) is 28.4. The molecule has 5 nitrogen and oxygen atoms in total. The van der Waals surface area contributed by atoms with Crippen LogP contribution in [0.15, 0.2) is 174 Å². The van der Waals surface area contributed by atoms with Crippen molar-refractivity contribution in [1.29, 1.82) is 0 Å². The predicted molar refractivity (Wildman–Crippen MR) is 215 cm³/mol. The molecule has 0 bridgehead atoms. The molecule has 3 N–H and O–H groups in total. The Bertz CT molecular complexity index is 3140. The molecule has 0 fully saturated rings. The van der Waals surface area contributed by atoms with Crippen LogP contribution in [-0.2, 0) is 0 Å². The summed E-state index contributed by atoms with van der Waals surface area (Å²) in [6.07, 6.45) is 0. The fraction of sp³-hybridized carbons (Fsp3) is 0. The van der Waals surface area contributed by atoms with Crippen molar-refractivity contribution in [2.45, 2.75) is 0 Å². The maximum atomic E-state index is 12.5. The quantitative estimate of drug-likeness (QED) is 0.158. The Kier molecular flexibility index (Phi) is 7.05. The molecule has 0 aromatic heterocycles. The number of rotatable bonds is 5. The van der Waals surface area contributed by atoms with Gasteiger partial charge < -0.3 is 14.8 Å². The molecule has 10 rings (SSSR count). The molecule has 0 spiro atoms. The van der Waals surface area contributed by atoms with Gasteiger partial charge in [-0.05, 0) is 115 Å². The summed E-state index contributed by atoms with van der Waals surface area (Å²) in [7, 11) is 0. The number of fused-ring (bicyclic) bond motifs is 6. The van der Waals surface area contributed by atoms with Gasteiger partial charge in [0.1, 0.15) is 11.3 Å². The van der Waals surface area contributed by atoms with E-state index in [1.54, 1.807) is 12.1 Å². The van der Waals surface area contributed by atoms with Crippen LogP contribution in [0.5, 0.6) is 0 Å². The minimum absolute atomic E-state index is 0.234. The largest absolute Gasteiger partial charge is 0.478 e. The van der Waals surface area contributed by atoms with Gasteiger partial charge in [0.25, 0.3) is 0 Å². The van der Waals surface area contributed by atoms with Crippen molar-refractivity contribution in [2.75, 3.05) is 5.32 Å². The lowest BCUT2D eigenvalue weighted by molar-refractivity contribution is -0.402. The fourth-order valence-corrected chi connectivity index (χ4v) is 7.59. The van der Waals surface area contributed by atoms with Gasteiger partial charge in [0.15, 0.2) is 0 Å². The molecular weight excluding hydrogens is 653 g/mol. The van der Waals surface area contributed by atoms with E-state index >= 15 is 0 Å². The molecule has 0 saturated carbocycles. The summed E-state index contributed by atoms with van der Waals surface area (Å²) in [6.45, 7) is 0. The van der Waals surface area contributed by atoms with Crippen LogP contribution in [-0.4, -0.2) is 11.1 Å². The van der Waals surface area contributed by atoms with Crippen molar-refractivity contribution in [2.24, 2.45) is 0 Å². The highest BCUT2D eigenvalue weighted by Gasteiger charge is 2.22. The molecule has 0 unspecified atom stereocenters. The van der Waals surface area contributed by atoms with E-state index in [4.69, 9.17) is 4.42 Å². The first-order valence-electron chi connectivity index (χ1n) is 17.6. The van der Waals surface area contributed by atoms with Crippen LogP contribution >= 0.6 is 0 Å². The fourth-order valence-electron chi connectivity index (χ4n) is 7.59. The first kappa shape index (κ1) is 30.6. The van der Waals surface area contributed by atoms with Crippen LogP contribution in [0.25, 0.3) is 76.5 Å². The van der Waals surface area contributed by atoms with Gasteiger partial charge in [0.2, 0.25) is 11.0 Å². The lowest BCUT2D eigenvalue weighted by Gasteiger charge is -2.17. The molecule has 53 heavy (non-hydrogen) atoms. The van der Waals surface area contributed by atoms with E-state index in [1.165, 1.54) is 32.3 Å². The minimum Gasteiger partial charge on any atom is -0.478 e. The minimum atomic E-state index is -0.979. The molecule has 0 saturated heterocycles. The first-order chi connectivity index (χ1) is 26.0. The molecule has 8 aromatic rings. The third-order valence-corrected chi connectivity index (χ3v) is 10.1. The van der Waals surface area contributed by atoms with Crippen molar-refractivity contribution >= 4 is 77.1 Å². The van der Waals surface area contributed by atoms with Gasteiger partial charge in [-0.2, -0.15) is 0 Å². The Labute approximate surface area is 304 Å². The van der Waals surface area contributed by atoms with E-state index in [2.05, 4.69) is 120 Å². The van der Waals surface area contributed by atoms with Crippen molar-refractivity contribution in [3.8, 4) is 22.5 Å². The first-order valence-corrected chi connectivity index (χ1v) is 17.6. The molecule has 1 aliphatic heterocycles. The zero-order valence-electron chi connectivity index (χ0n) is 28.4. The molecule has 0 atom stereocenters. The van der Waals surface area contributed by atoms with Crippen molar-refractivity contribution in [1.82, 2.24) is 0 Å². The topological polar surface area (TPSA) is 76.4 Å². The van der Waals surface area contributed by atoms with Gasteiger partial charge in [0, 0.05) is 52.2 Å². The highest BCUT2D eigenvalue weighted by Crippen LogP contribution is 2.42. The van der Waals surface area contributed by atoms with Crippen molar-refractivity contribution in [3.63, 3.8) is 0 Å².